The summed E-state index contributed by atoms with van der Waals surface area (Å²) in [6.07, 6.45) is -1.73. The van der Waals surface area contributed by atoms with Crippen LogP contribution in [0.4, 0.5) is 0 Å². The molecule has 9 N–H and O–H groups in total. The Morgan fingerprint density at radius 2 is 1.32 bits per heavy atom. The maximum atomic E-state index is 13.0. The molecule has 1 rings (SSSR count). The number of aliphatic carboxylic acids is 3. The van der Waals surface area contributed by atoms with Crippen molar-refractivity contribution in [3.8, 4) is 5.75 Å². The van der Waals surface area contributed by atoms with Crippen LogP contribution in [0, 0.1) is 5.92 Å². The Bertz CT molecular complexity index is 1010. The Balaban J connectivity index is 3.17. The molecule has 3 amide bonds. The fourth-order valence-corrected chi connectivity index (χ4v) is 3.42. The fraction of sp³-hybridized carbons (Fsp3) is 0.500. The van der Waals surface area contributed by atoms with Gasteiger partial charge in [-0.2, -0.15) is 0 Å². The summed E-state index contributed by atoms with van der Waals surface area (Å²) in [7, 11) is 0. The molecular weight excluding hydrogens is 504 g/mol. The maximum absolute atomic E-state index is 13.0. The van der Waals surface area contributed by atoms with Crippen LogP contribution in [0.1, 0.15) is 45.1 Å². The lowest BCUT2D eigenvalue weighted by atomic mass is 10.0. The van der Waals surface area contributed by atoms with Crippen LogP contribution in [-0.2, 0) is 35.2 Å². The summed E-state index contributed by atoms with van der Waals surface area (Å²) < 4.78 is 0. The quantitative estimate of drug-likeness (QED) is 0.129. The summed E-state index contributed by atoms with van der Waals surface area (Å²) in [6, 6.07) is -0.107. The minimum Gasteiger partial charge on any atom is -0.508 e. The third kappa shape index (κ3) is 11.7. The molecule has 1 aromatic rings. The first kappa shape index (κ1) is 31.8. The molecule has 14 heteroatoms. The largest absolute Gasteiger partial charge is 0.508 e. The molecule has 0 spiro atoms. The number of carboxylic acid groups (broad SMARTS) is 3. The van der Waals surface area contributed by atoms with Gasteiger partial charge in [-0.05, 0) is 36.5 Å². The summed E-state index contributed by atoms with van der Waals surface area (Å²) >= 11 is 0. The SMILES string of the molecule is CC(C)CC(N)C(=O)NC(CC(=O)O)C(=O)NC(Cc1ccc(O)cc1)C(=O)NC(CCC(=O)O)C(=O)O. The summed E-state index contributed by atoms with van der Waals surface area (Å²) in [6.45, 7) is 3.64. The number of phenols is 1. The Hall–Kier alpha value is -4.20. The molecule has 0 aliphatic carbocycles. The lowest BCUT2D eigenvalue weighted by molar-refractivity contribution is -0.144. The van der Waals surface area contributed by atoms with Gasteiger partial charge in [0, 0.05) is 12.8 Å². The van der Waals surface area contributed by atoms with Crippen molar-refractivity contribution < 1.29 is 49.2 Å². The van der Waals surface area contributed by atoms with Crippen molar-refractivity contribution in [3.63, 3.8) is 0 Å². The van der Waals surface area contributed by atoms with Crippen molar-refractivity contribution in [2.75, 3.05) is 0 Å². The average molecular weight is 539 g/mol. The number of amides is 3. The molecule has 4 atom stereocenters. The Kier molecular flexibility index (Phi) is 12.7. The van der Waals surface area contributed by atoms with E-state index in [1.54, 1.807) is 0 Å². The van der Waals surface area contributed by atoms with E-state index in [-0.39, 0.29) is 24.5 Å². The summed E-state index contributed by atoms with van der Waals surface area (Å²) in [5.41, 5.74) is 6.26. The van der Waals surface area contributed by atoms with Gasteiger partial charge in [0.15, 0.2) is 0 Å². The molecule has 210 valence electrons. The van der Waals surface area contributed by atoms with Crippen molar-refractivity contribution in [2.45, 2.75) is 70.1 Å². The molecule has 4 unspecified atom stereocenters. The van der Waals surface area contributed by atoms with Crippen molar-refractivity contribution in [1.29, 1.82) is 0 Å². The highest BCUT2D eigenvalue weighted by Gasteiger charge is 2.32. The first-order valence-corrected chi connectivity index (χ1v) is 11.8. The highest BCUT2D eigenvalue weighted by atomic mass is 16.4. The molecule has 38 heavy (non-hydrogen) atoms. The predicted molar refractivity (Wildman–Crippen MR) is 132 cm³/mol. The molecular formula is C24H34N4O10. The second-order valence-corrected chi connectivity index (χ2v) is 9.16. The van der Waals surface area contributed by atoms with Crippen molar-refractivity contribution in [2.24, 2.45) is 11.7 Å². The van der Waals surface area contributed by atoms with E-state index >= 15 is 0 Å². The molecule has 1 aromatic carbocycles. The highest BCUT2D eigenvalue weighted by molar-refractivity contribution is 5.95. The second-order valence-electron chi connectivity index (χ2n) is 9.16. The normalized spacial score (nSPS) is 14.0. The van der Waals surface area contributed by atoms with E-state index in [0.29, 0.717) is 5.56 Å². The molecule has 0 aliphatic heterocycles. The van der Waals surface area contributed by atoms with Crippen LogP contribution in [0.2, 0.25) is 0 Å². The number of nitrogens with two attached hydrogens (primary N) is 1. The van der Waals surface area contributed by atoms with Gasteiger partial charge in [-0.25, -0.2) is 4.79 Å². The van der Waals surface area contributed by atoms with E-state index in [1.165, 1.54) is 24.3 Å². The van der Waals surface area contributed by atoms with Crippen molar-refractivity contribution >= 4 is 35.6 Å². The van der Waals surface area contributed by atoms with Crippen LogP contribution in [0.3, 0.4) is 0 Å². The van der Waals surface area contributed by atoms with Gasteiger partial charge in [-0.15, -0.1) is 0 Å². The van der Waals surface area contributed by atoms with Crippen LogP contribution in [0.5, 0.6) is 5.75 Å². The topological polar surface area (TPSA) is 245 Å². The standard InChI is InChI=1S/C24H34N4O10/c1-12(2)9-15(25)21(34)27-18(11-20(32)33)23(36)28-17(10-13-3-5-14(29)6-4-13)22(35)26-16(24(37)38)7-8-19(30)31/h3-6,12,15-18,29H,7-11,25H2,1-2H3,(H,26,35)(H,27,34)(H,28,36)(H,30,31)(H,32,33)(H,37,38). The second kappa shape index (κ2) is 15.1. The van der Waals surface area contributed by atoms with Crippen LogP contribution < -0.4 is 21.7 Å². The minimum atomic E-state index is -1.60. The third-order valence-corrected chi connectivity index (χ3v) is 5.34. The van der Waals surface area contributed by atoms with E-state index in [2.05, 4.69) is 16.0 Å². The summed E-state index contributed by atoms with van der Waals surface area (Å²) in [5.74, 6) is -6.99. The monoisotopic (exact) mass is 538 g/mol. The number of hydrogen-bond acceptors (Lipinski definition) is 8. The lowest BCUT2D eigenvalue weighted by Gasteiger charge is -2.25. The van der Waals surface area contributed by atoms with Gasteiger partial charge in [0.1, 0.15) is 23.9 Å². The van der Waals surface area contributed by atoms with Crippen molar-refractivity contribution in [1.82, 2.24) is 16.0 Å². The zero-order valence-electron chi connectivity index (χ0n) is 21.0. The van der Waals surface area contributed by atoms with Crippen LogP contribution in [0.25, 0.3) is 0 Å². The number of hydrogen-bond donors (Lipinski definition) is 8. The Labute approximate surface area is 218 Å². The summed E-state index contributed by atoms with van der Waals surface area (Å²) in [4.78, 5) is 72.2. The van der Waals surface area contributed by atoms with Gasteiger partial charge in [0.2, 0.25) is 17.7 Å². The Morgan fingerprint density at radius 1 is 0.789 bits per heavy atom. The van der Waals surface area contributed by atoms with Crippen LogP contribution in [-0.4, -0.2) is 80.2 Å². The number of nitrogens with one attached hydrogen (secondary N) is 3. The fourth-order valence-electron chi connectivity index (χ4n) is 3.42. The van der Waals surface area contributed by atoms with Gasteiger partial charge in [0.25, 0.3) is 0 Å². The number of carboxylic acids is 3. The number of carbonyl (C=O) groups is 6. The smallest absolute Gasteiger partial charge is 0.326 e. The molecule has 0 radical (unpaired) electrons. The minimum absolute atomic E-state index is 0.0455. The molecule has 0 heterocycles. The molecule has 0 saturated carbocycles. The summed E-state index contributed by atoms with van der Waals surface area (Å²) in [5, 5.41) is 43.8. The molecule has 0 aliphatic rings. The molecule has 0 bridgehead atoms. The van der Waals surface area contributed by atoms with E-state index in [0.717, 1.165) is 0 Å². The molecule has 0 fully saturated rings. The molecule has 14 nitrogen and oxygen atoms in total. The number of carbonyl (C=O) groups excluding carboxylic acids is 3. The predicted octanol–water partition coefficient (Wildman–Crippen LogP) is -0.813. The van der Waals surface area contributed by atoms with E-state index < -0.39 is 79.1 Å². The molecule has 0 saturated heterocycles. The molecule has 0 aromatic heterocycles. The number of benzene rings is 1. The van der Waals surface area contributed by atoms with Crippen LogP contribution in [0.15, 0.2) is 24.3 Å². The zero-order chi connectivity index (χ0) is 29.0. The van der Waals surface area contributed by atoms with Crippen LogP contribution >= 0.6 is 0 Å². The van der Waals surface area contributed by atoms with Gasteiger partial charge < -0.3 is 42.1 Å². The third-order valence-electron chi connectivity index (χ3n) is 5.34. The van der Waals surface area contributed by atoms with E-state index in [9.17, 15) is 44.1 Å². The van der Waals surface area contributed by atoms with Gasteiger partial charge >= 0.3 is 17.9 Å². The number of aromatic hydroxyl groups is 1. The lowest BCUT2D eigenvalue weighted by Crippen LogP contribution is -2.58. The first-order chi connectivity index (χ1) is 17.7. The maximum Gasteiger partial charge on any atom is 0.326 e. The number of phenolic OH excluding ortho intramolecular Hbond substituents is 1. The average Bonchev–Trinajstić information content (AvgIpc) is 2.80. The van der Waals surface area contributed by atoms with Gasteiger partial charge in [0.05, 0.1) is 12.5 Å². The number of rotatable bonds is 16. The van der Waals surface area contributed by atoms with E-state index in [4.69, 9.17) is 10.8 Å². The van der Waals surface area contributed by atoms with Gasteiger partial charge in [-0.3, -0.25) is 24.0 Å². The van der Waals surface area contributed by atoms with Crippen molar-refractivity contribution in [3.05, 3.63) is 29.8 Å². The highest BCUT2D eigenvalue weighted by Crippen LogP contribution is 2.12. The van der Waals surface area contributed by atoms with Gasteiger partial charge in [-0.1, -0.05) is 26.0 Å². The zero-order valence-corrected chi connectivity index (χ0v) is 21.0. The first-order valence-electron chi connectivity index (χ1n) is 11.8. The van der Waals surface area contributed by atoms with E-state index in [1.807, 2.05) is 13.8 Å². The Morgan fingerprint density at radius 3 is 1.82 bits per heavy atom.